The molecule has 0 aliphatic heterocycles. The number of carbonyl (C=O) groups is 1. The van der Waals surface area contributed by atoms with E-state index in [2.05, 4.69) is 58.3 Å². The quantitative estimate of drug-likeness (QED) is 0.486. The molecular weight excluding hydrogens is 488 g/mol. The van der Waals surface area contributed by atoms with Gasteiger partial charge in [0.2, 0.25) is 5.91 Å². The zero-order chi connectivity index (χ0) is 15.4. The van der Waals surface area contributed by atoms with Gasteiger partial charge < -0.3 is 5.11 Å². The summed E-state index contributed by atoms with van der Waals surface area (Å²) in [4.78, 5) is 12.7. The number of phenols is 1. The maximum absolute atomic E-state index is 11.7. The number of aromatic hydroxyl groups is 1. The van der Waals surface area contributed by atoms with Gasteiger partial charge in [-0.15, -0.1) is 11.3 Å². The Morgan fingerprint density at radius 3 is 2.81 bits per heavy atom. The van der Waals surface area contributed by atoms with Crippen LogP contribution in [0.2, 0.25) is 0 Å². The molecule has 0 aliphatic rings. The third kappa shape index (κ3) is 4.38. The Labute approximate surface area is 150 Å². The lowest BCUT2D eigenvalue weighted by Gasteiger charge is -2.06. The van der Waals surface area contributed by atoms with Gasteiger partial charge in [0.15, 0.2) is 0 Å². The number of nitrogens with zero attached hydrogens (tertiary/aromatic N) is 1. The van der Waals surface area contributed by atoms with Gasteiger partial charge in [0, 0.05) is 14.9 Å². The van der Waals surface area contributed by atoms with Crippen molar-refractivity contribution in [3.8, 4) is 5.75 Å². The van der Waals surface area contributed by atoms with E-state index in [-0.39, 0.29) is 11.7 Å². The minimum atomic E-state index is -0.192. The van der Waals surface area contributed by atoms with Crippen LogP contribution in [0.3, 0.4) is 0 Å². The van der Waals surface area contributed by atoms with E-state index in [4.69, 9.17) is 0 Å². The van der Waals surface area contributed by atoms with Gasteiger partial charge >= 0.3 is 0 Å². The molecule has 0 aliphatic carbocycles. The molecule has 0 unspecified atom stereocenters. The Balaban J connectivity index is 2.05. The molecular formula is C13H9Br3N2O2S. The van der Waals surface area contributed by atoms with Gasteiger partial charge in [-0.05, 0) is 49.4 Å². The van der Waals surface area contributed by atoms with Gasteiger partial charge in [-0.2, -0.15) is 5.10 Å². The SMILES string of the molecule is O=C(Cc1cccs1)NN=Cc1c(Br)cc(Br)c(O)c1Br. The predicted octanol–water partition coefficient (Wildman–Crippen LogP) is 4.43. The Morgan fingerprint density at radius 1 is 1.38 bits per heavy atom. The third-order valence-corrected chi connectivity index (χ3v) is 5.42. The second kappa shape index (κ2) is 7.53. The molecule has 0 bridgehead atoms. The molecule has 4 nitrogen and oxygen atoms in total. The Morgan fingerprint density at radius 2 is 2.14 bits per heavy atom. The summed E-state index contributed by atoms with van der Waals surface area (Å²) >= 11 is 11.4. The van der Waals surface area contributed by atoms with E-state index in [0.29, 0.717) is 20.9 Å². The number of rotatable bonds is 4. The van der Waals surface area contributed by atoms with Crippen LogP contribution < -0.4 is 5.43 Å². The lowest BCUT2D eigenvalue weighted by atomic mass is 10.2. The zero-order valence-corrected chi connectivity index (χ0v) is 16.0. The first kappa shape index (κ1) is 16.7. The first-order chi connectivity index (χ1) is 9.99. The van der Waals surface area contributed by atoms with Gasteiger partial charge in [0.05, 0.1) is 21.6 Å². The summed E-state index contributed by atoms with van der Waals surface area (Å²) in [5, 5.41) is 15.7. The number of nitrogens with one attached hydrogen (secondary N) is 1. The number of hydrogen-bond acceptors (Lipinski definition) is 4. The third-order valence-electron chi connectivity index (χ3n) is 2.48. The number of phenolic OH excluding ortho intramolecular Hbond substituents is 1. The number of amides is 1. The van der Waals surface area contributed by atoms with Gasteiger partial charge in [0.1, 0.15) is 5.75 Å². The molecule has 1 aromatic carbocycles. The van der Waals surface area contributed by atoms with Crippen LogP contribution in [0.5, 0.6) is 5.75 Å². The molecule has 0 saturated heterocycles. The Hall–Kier alpha value is -0.700. The van der Waals surface area contributed by atoms with Crippen LogP contribution in [0.1, 0.15) is 10.4 Å². The molecule has 110 valence electrons. The molecule has 0 fully saturated rings. The number of benzene rings is 1. The van der Waals surface area contributed by atoms with Gasteiger partial charge in [0.25, 0.3) is 0 Å². The maximum Gasteiger partial charge on any atom is 0.245 e. The molecule has 0 saturated carbocycles. The van der Waals surface area contributed by atoms with Crippen LogP contribution in [0, 0.1) is 0 Å². The second-order valence-electron chi connectivity index (χ2n) is 3.97. The van der Waals surface area contributed by atoms with Gasteiger partial charge in [-0.25, -0.2) is 5.43 Å². The van der Waals surface area contributed by atoms with Crippen LogP contribution in [-0.4, -0.2) is 17.2 Å². The first-order valence-corrected chi connectivity index (χ1v) is 8.95. The van der Waals surface area contributed by atoms with Crippen LogP contribution >= 0.6 is 59.1 Å². The van der Waals surface area contributed by atoms with Crippen molar-refractivity contribution in [1.29, 1.82) is 0 Å². The summed E-state index contributed by atoms with van der Waals surface area (Å²) in [6.07, 6.45) is 1.76. The topological polar surface area (TPSA) is 61.7 Å². The normalized spacial score (nSPS) is 11.0. The number of hydrazone groups is 1. The van der Waals surface area contributed by atoms with Gasteiger partial charge in [-0.3, -0.25) is 4.79 Å². The average molecular weight is 497 g/mol. The molecule has 2 aromatic rings. The van der Waals surface area contributed by atoms with Gasteiger partial charge in [-0.1, -0.05) is 22.0 Å². The van der Waals surface area contributed by atoms with E-state index in [1.54, 1.807) is 6.07 Å². The van der Waals surface area contributed by atoms with Crippen molar-refractivity contribution in [1.82, 2.24) is 5.43 Å². The summed E-state index contributed by atoms with van der Waals surface area (Å²) in [6.45, 7) is 0. The summed E-state index contributed by atoms with van der Waals surface area (Å²) in [6, 6.07) is 5.50. The smallest absolute Gasteiger partial charge is 0.245 e. The highest BCUT2D eigenvalue weighted by Gasteiger charge is 2.12. The van der Waals surface area contributed by atoms with Crippen molar-refractivity contribution in [2.45, 2.75) is 6.42 Å². The fourth-order valence-electron chi connectivity index (χ4n) is 1.49. The summed E-state index contributed by atoms with van der Waals surface area (Å²) in [7, 11) is 0. The van der Waals surface area contributed by atoms with Crippen molar-refractivity contribution in [3.05, 3.63) is 47.4 Å². The molecule has 2 rings (SSSR count). The number of hydrogen-bond donors (Lipinski definition) is 2. The fourth-order valence-corrected chi connectivity index (χ4v) is 4.52. The first-order valence-electron chi connectivity index (χ1n) is 5.69. The van der Waals surface area contributed by atoms with Crippen LogP contribution in [0.4, 0.5) is 0 Å². The average Bonchev–Trinajstić information content (AvgIpc) is 2.93. The summed E-state index contributed by atoms with van der Waals surface area (Å²) in [5.41, 5.74) is 3.09. The van der Waals surface area contributed by atoms with E-state index in [1.165, 1.54) is 17.6 Å². The largest absolute Gasteiger partial charge is 0.506 e. The monoisotopic (exact) mass is 494 g/mol. The molecule has 0 radical (unpaired) electrons. The summed E-state index contributed by atoms with van der Waals surface area (Å²) in [5.74, 6) is -0.119. The van der Waals surface area contributed by atoms with Crippen molar-refractivity contribution in [3.63, 3.8) is 0 Å². The van der Waals surface area contributed by atoms with E-state index in [9.17, 15) is 9.90 Å². The predicted molar refractivity (Wildman–Crippen MR) is 95.0 cm³/mol. The van der Waals surface area contributed by atoms with Crippen molar-refractivity contribution < 1.29 is 9.90 Å². The molecule has 21 heavy (non-hydrogen) atoms. The Bertz CT molecular complexity index is 687. The van der Waals surface area contributed by atoms with Crippen LogP contribution in [-0.2, 0) is 11.2 Å². The number of thiophene rings is 1. The highest BCUT2D eigenvalue weighted by atomic mass is 79.9. The standard InChI is InChI=1S/C13H9Br3N2O2S/c14-9-5-10(15)13(20)12(16)8(9)6-17-18-11(19)4-7-2-1-3-21-7/h1-3,5-6,20H,4H2,(H,18,19). The molecule has 0 spiro atoms. The van der Waals surface area contributed by atoms with Crippen LogP contribution in [0.25, 0.3) is 0 Å². The molecule has 2 N–H and O–H groups in total. The molecule has 1 aromatic heterocycles. The minimum Gasteiger partial charge on any atom is -0.506 e. The second-order valence-corrected chi connectivity index (χ2v) is 7.50. The van der Waals surface area contributed by atoms with E-state index in [0.717, 1.165) is 9.35 Å². The van der Waals surface area contributed by atoms with Crippen molar-refractivity contribution >= 4 is 71.2 Å². The number of carbonyl (C=O) groups excluding carboxylic acids is 1. The maximum atomic E-state index is 11.7. The zero-order valence-electron chi connectivity index (χ0n) is 10.4. The lowest BCUT2D eigenvalue weighted by molar-refractivity contribution is -0.120. The minimum absolute atomic E-state index is 0.0737. The van der Waals surface area contributed by atoms with Crippen LogP contribution in [0.15, 0.2) is 42.1 Å². The lowest BCUT2D eigenvalue weighted by Crippen LogP contribution is -2.19. The van der Waals surface area contributed by atoms with Crippen molar-refractivity contribution in [2.24, 2.45) is 5.10 Å². The van der Waals surface area contributed by atoms with E-state index < -0.39 is 0 Å². The summed E-state index contributed by atoms with van der Waals surface area (Å²) < 4.78 is 1.77. The highest BCUT2D eigenvalue weighted by Crippen LogP contribution is 2.38. The molecule has 1 heterocycles. The molecule has 1 amide bonds. The molecule has 0 atom stereocenters. The van der Waals surface area contributed by atoms with E-state index >= 15 is 0 Å². The van der Waals surface area contributed by atoms with E-state index in [1.807, 2.05) is 17.5 Å². The molecule has 8 heteroatoms. The fraction of sp³-hybridized carbons (Fsp3) is 0.0769. The number of halogens is 3. The van der Waals surface area contributed by atoms with Crippen molar-refractivity contribution in [2.75, 3.05) is 0 Å². The highest BCUT2D eigenvalue weighted by molar-refractivity contribution is 9.11. The Kier molecular flexibility index (Phi) is 5.98.